The van der Waals surface area contributed by atoms with Crippen molar-refractivity contribution in [1.82, 2.24) is 0 Å². The van der Waals surface area contributed by atoms with E-state index in [-0.39, 0.29) is 23.9 Å². The second kappa shape index (κ2) is 11.6. The lowest BCUT2D eigenvalue weighted by molar-refractivity contribution is -0.149. The van der Waals surface area contributed by atoms with E-state index in [1.807, 2.05) is 31.2 Å². The quantitative estimate of drug-likeness (QED) is 0.283. The van der Waals surface area contributed by atoms with Crippen molar-refractivity contribution in [1.29, 1.82) is 0 Å². The Kier molecular flexibility index (Phi) is 8.73. The van der Waals surface area contributed by atoms with Gasteiger partial charge in [0.2, 0.25) is 6.10 Å². The molecule has 3 aromatic rings. The molecule has 0 aromatic heterocycles. The Labute approximate surface area is 215 Å². The fourth-order valence-corrected chi connectivity index (χ4v) is 3.49. The van der Waals surface area contributed by atoms with Gasteiger partial charge in [-0.05, 0) is 60.4 Å². The first kappa shape index (κ1) is 27.9. The van der Waals surface area contributed by atoms with Crippen molar-refractivity contribution >= 4 is 5.97 Å². The molecule has 0 bridgehead atoms. The molecule has 8 heteroatoms. The van der Waals surface area contributed by atoms with Crippen molar-refractivity contribution in [3.05, 3.63) is 89.5 Å². The predicted molar refractivity (Wildman–Crippen MR) is 134 cm³/mol. The molecular weight excluding hydrogens is 485 g/mol. The molecule has 0 radical (unpaired) electrons. The third kappa shape index (κ3) is 7.90. The number of hydrogen-bond acceptors (Lipinski definition) is 5. The summed E-state index contributed by atoms with van der Waals surface area (Å²) in [6.07, 6.45) is -6.01. The Balaban J connectivity index is 1.62. The van der Waals surface area contributed by atoms with Crippen molar-refractivity contribution < 1.29 is 36.9 Å². The van der Waals surface area contributed by atoms with Crippen molar-refractivity contribution in [2.75, 3.05) is 13.7 Å². The number of rotatable bonds is 9. The van der Waals surface area contributed by atoms with E-state index in [1.54, 1.807) is 24.3 Å². The molecule has 0 fully saturated rings. The lowest BCUT2D eigenvalue weighted by Gasteiger charge is -2.20. The normalized spacial score (nSPS) is 13.4. The molecular formula is C29H31F3O5. The van der Waals surface area contributed by atoms with Crippen molar-refractivity contribution in [2.45, 2.75) is 51.5 Å². The van der Waals surface area contributed by atoms with Crippen LogP contribution in [0.3, 0.4) is 0 Å². The lowest BCUT2D eigenvalue weighted by atomic mass is 9.87. The zero-order chi connectivity index (χ0) is 27.2. The number of ether oxygens (including phenoxy) is 4. The fourth-order valence-electron chi connectivity index (χ4n) is 3.49. The van der Waals surface area contributed by atoms with Gasteiger partial charge < -0.3 is 18.9 Å². The summed E-state index contributed by atoms with van der Waals surface area (Å²) in [4.78, 5) is 12.3. The van der Waals surface area contributed by atoms with Gasteiger partial charge in [0.25, 0.3) is 0 Å². The zero-order valence-electron chi connectivity index (χ0n) is 21.5. The highest BCUT2D eigenvalue weighted by atomic mass is 19.4. The molecule has 0 saturated heterocycles. The Bertz CT molecular complexity index is 1170. The van der Waals surface area contributed by atoms with Gasteiger partial charge in [-0.25, -0.2) is 4.79 Å². The van der Waals surface area contributed by atoms with Crippen LogP contribution in [0.2, 0.25) is 0 Å². The summed E-state index contributed by atoms with van der Waals surface area (Å²) in [5, 5.41) is 0. The van der Waals surface area contributed by atoms with Gasteiger partial charge in [0.05, 0.1) is 12.7 Å². The molecule has 0 spiro atoms. The molecule has 2 atom stereocenters. The van der Waals surface area contributed by atoms with Crippen molar-refractivity contribution in [3.63, 3.8) is 0 Å². The van der Waals surface area contributed by atoms with Gasteiger partial charge >= 0.3 is 12.1 Å². The van der Waals surface area contributed by atoms with Gasteiger partial charge in [-0.1, -0.05) is 51.1 Å². The molecule has 5 nitrogen and oxygen atoms in total. The number of esters is 1. The van der Waals surface area contributed by atoms with Crippen LogP contribution in [0.15, 0.2) is 72.8 Å². The van der Waals surface area contributed by atoms with Gasteiger partial charge in [-0.15, -0.1) is 0 Å². The average Bonchev–Trinajstić information content (AvgIpc) is 2.85. The van der Waals surface area contributed by atoms with Crippen LogP contribution in [-0.4, -0.2) is 25.8 Å². The lowest BCUT2D eigenvalue weighted by Crippen LogP contribution is -2.22. The number of halogens is 3. The number of carbonyl (C=O) groups is 1. The van der Waals surface area contributed by atoms with E-state index >= 15 is 0 Å². The minimum atomic E-state index is -4.53. The Morgan fingerprint density at radius 3 is 2.00 bits per heavy atom. The van der Waals surface area contributed by atoms with E-state index in [4.69, 9.17) is 18.9 Å². The maximum atomic E-state index is 13.0. The summed E-state index contributed by atoms with van der Waals surface area (Å²) >= 11 is 0. The third-order valence-corrected chi connectivity index (χ3v) is 5.56. The predicted octanol–water partition coefficient (Wildman–Crippen LogP) is 7.14. The van der Waals surface area contributed by atoms with E-state index in [0.717, 1.165) is 17.9 Å². The highest BCUT2D eigenvalue weighted by molar-refractivity contribution is 5.77. The van der Waals surface area contributed by atoms with Gasteiger partial charge in [-0.2, -0.15) is 13.2 Å². The van der Waals surface area contributed by atoms with Crippen LogP contribution in [0.5, 0.6) is 17.2 Å². The second-order valence-corrected chi connectivity index (χ2v) is 9.63. The molecule has 0 aliphatic carbocycles. The molecule has 37 heavy (non-hydrogen) atoms. The van der Waals surface area contributed by atoms with Crippen LogP contribution >= 0.6 is 0 Å². The largest absolute Gasteiger partial charge is 0.490 e. The van der Waals surface area contributed by atoms with Crippen LogP contribution in [-0.2, 0) is 21.1 Å². The van der Waals surface area contributed by atoms with Crippen LogP contribution in [0.1, 0.15) is 50.5 Å². The molecule has 3 aromatic carbocycles. The van der Waals surface area contributed by atoms with Crippen LogP contribution in [0.4, 0.5) is 13.2 Å². The Morgan fingerprint density at radius 2 is 1.43 bits per heavy atom. The van der Waals surface area contributed by atoms with Crippen LogP contribution in [0.25, 0.3) is 0 Å². The molecule has 0 amide bonds. The minimum absolute atomic E-state index is 0.0600. The van der Waals surface area contributed by atoms with Crippen LogP contribution < -0.4 is 14.2 Å². The highest BCUT2D eigenvalue weighted by Gasteiger charge is 2.31. The molecule has 0 heterocycles. The molecule has 0 aliphatic rings. The maximum absolute atomic E-state index is 13.0. The van der Waals surface area contributed by atoms with Gasteiger partial charge in [0, 0.05) is 5.56 Å². The SMILES string of the molecule is COC(=O)C(Oc1cccc(C(F)(F)F)c1)c1ccc(OCC(C)Oc2ccc(C(C)(C)C)cc2)cc1. The van der Waals surface area contributed by atoms with E-state index in [2.05, 4.69) is 20.8 Å². The highest BCUT2D eigenvalue weighted by Crippen LogP contribution is 2.33. The number of hydrogen-bond donors (Lipinski definition) is 0. The van der Waals surface area contributed by atoms with E-state index in [0.29, 0.717) is 11.3 Å². The van der Waals surface area contributed by atoms with Crippen molar-refractivity contribution in [2.24, 2.45) is 0 Å². The molecule has 2 unspecified atom stereocenters. The number of methoxy groups -OCH3 is 1. The number of alkyl halides is 3. The number of carbonyl (C=O) groups excluding carboxylic acids is 1. The Hall–Kier alpha value is -3.68. The summed E-state index contributed by atoms with van der Waals surface area (Å²) in [5.74, 6) is 0.426. The second-order valence-electron chi connectivity index (χ2n) is 9.63. The first-order valence-electron chi connectivity index (χ1n) is 11.8. The van der Waals surface area contributed by atoms with Gasteiger partial charge in [0.15, 0.2) is 0 Å². The summed E-state index contributed by atoms with van der Waals surface area (Å²) in [5.41, 5.74) is 0.801. The van der Waals surface area contributed by atoms with Crippen molar-refractivity contribution in [3.8, 4) is 17.2 Å². The van der Waals surface area contributed by atoms with Gasteiger partial charge in [0.1, 0.15) is 30.0 Å². The molecule has 0 N–H and O–H groups in total. The minimum Gasteiger partial charge on any atom is -0.490 e. The summed E-state index contributed by atoms with van der Waals surface area (Å²) < 4.78 is 61.2. The van der Waals surface area contributed by atoms with E-state index < -0.39 is 23.8 Å². The third-order valence-electron chi connectivity index (χ3n) is 5.56. The monoisotopic (exact) mass is 516 g/mol. The molecule has 198 valence electrons. The first-order chi connectivity index (χ1) is 17.4. The summed E-state index contributed by atoms with van der Waals surface area (Å²) in [7, 11) is 1.18. The summed E-state index contributed by atoms with van der Waals surface area (Å²) in [6.45, 7) is 8.62. The maximum Gasteiger partial charge on any atom is 0.416 e. The van der Waals surface area contributed by atoms with E-state index in [1.165, 1.54) is 24.8 Å². The molecule has 0 aliphatic heterocycles. The summed E-state index contributed by atoms with van der Waals surface area (Å²) in [6, 6.07) is 18.8. The standard InChI is InChI=1S/C29H31F3O5/c1-19(36-24-15-11-21(12-16-24)28(2,3)4)18-35-23-13-9-20(10-14-23)26(27(33)34-5)37-25-8-6-7-22(17-25)29(30,31)32/h6-17,19,26H,18H2,1-5H3. The first-order valence-corrected chi connectivity index (χ1v) is 11.8. The fraction of sp³-hybridized carbons (Fsp3) is 0.345. The Morgan fingerprint density at radius 1 is 0.811 bits per heavy atom. The van der Waals surface area contributed by atoms with Crippen LogP contribution in [0, 0.1) is 0 Å². The molecule has 3 rings (SSSR count). The zero-order valence-corrected chi connectivity index (χ0v) is 21.5. The molecule has 0 saturated carbocycles. The number of benzene rings is 3. The smallest absolute Gasteiger partial charge is 0.416 e. The van der Waals surface area contributed by atoms with Gasteiger partial charge in [-0.3, -0.25) is 0 Å². The topological polar surface area (TPSA) is 54.0 Å². The van der Waals surface area contributed by atoms with E-state index in [9.17, 15) is 18.0 Å². The average molecular weight is 517 g/mol.